The van der Waals surface area contributed by atoms with Crippen LogP contribution < -0.4 is 4.90 Å². The normalized spacial score (nSPS) is 21.2. The molecule has 1 aliphatic carbocycles. The minimum absolute atomic E-state index is 0.0379. The van der Waals surface area contributed by atoms with Crippen LogP contribution in [-0.4, -0.2) is 84.6 Å². The van der Waals surface area contributed by atoms with Crippen molar-refractivity contribution in [2.24, 2.45) is 0 Å². The number of methoxy groups -OCH3 is 1. The molecular weight excluding hydrogens is 430 g/mol. The van der Waals surface area contributed by atoms with E-state index in [1.165, 1.54) is 25.0 Å². The second-order valence-corrected chi connectivity index (χ2v) is 11.0. The number of morpholine rings is 1. The number of carbonyl (C=O) groups excluding carboxylic acids is 1. The topological polar surface area (TPSA) is 72.7 Å². The number of rotatable bonds is 6. The van der Waals surface area contributed by atoms with Crippen molar-refractivity contribution in [3.63, 3.8) is 0 Å². The second kappa shape index (κ2) is 9.55. The average molecular weight is 470 g/mol. The smallest absolute Gasteiger partial charge is 0.206 e. The molecule has 3 fully saturated rings. The van der Waals surface area contributed by atoms with E-state index in [9.17, 15) is 4.79 Å². The van der Waals surface area contributed by atoms with Gasteiger partial charge in [0.1, 0.15) is 12.3 Å². The molecule has 5 rings (SSSR count). The van der Waals surface area contributed by atoms with Gasteiger partial charge in [0.25, 0.3) is 0 Å². The highest BCUT2D eigenvalue weighted by atomic mass is 16.5. The maximum absolute atomic E-state index is 12.9. The van der Waals surface area contributed by atoms with E-state index >= 15 is 0 Å². The summed E-state index contributed by atoms with van der Waals surface area (Å²) in [5, 5.41) is 6.29. The Kier molecular flexibility index (Phi) is 6.66. The Morgan fingerprint density at radius 3 is 2.41 bits per heavy atom. The van der Waals surface area contributed by atoms with Crippen LogP contribution in [0.4, 0.5) is 5.69 Å². The van der Waals surface area contributed by atoms with Gasteiger partial charge in [-0.1, -0.05) is 6.42 Å². The number of hydrogen-bond donors (Lipinski definition) is 0. The Balaban J connectivity index is 1.55. The first-order valence-electron chi connectivity index (χ1n) is 12.9. The van der Waals surface area contributed by atoms with Crippen molar-refractivity contribution in [1.29, 1.82) is 0 Å². The van der Waals surface area contributed by atoms with Crippen LogP contribution in [0.15, 0.2) is 6.07 Å². The molecule has 0 amide bonds. The van der Waals surface area contributed by atoms with Gasteiger partial charge in [0.2, 0.25) is 5.78 Å². The molecule has 8 nitrogen and oxygen atoms in total. The molecule has 4 heterocycles. The van der Waals surface area contributed by atoms with Crippen molar-refractivity contribution in [3.05, 3.63) is 17.5 Å². The molecule has 186 valence electrons. The number of anilines is 1. The monoisotopic (exact) mass is 469 g/mol. The zero-order valence-corrected chi connectivity index (χ0v) is 21.2. The van der Waals surface area contributed by atoms with Crippen molar-refractivity contribution in [3.8, 4) is 0 Å². The third-order valence-corrected chi connectivity index (χ3v) is 7.70. The molecule has 0 spiro atoms. The summed E-state index contributed by atoms with van der Waals surface area (Å²) in [5.41, 5.74) is 3.38. The lowest BCUT2D eigenvalue weighted by Gasteiger charge is -2.41. The second-order valence-electron chi connectivity index (χ2n) is 11.0. The molecule has 3 aliphatic rings. The third-order valence-electron chi connectivity index (χ3n) is 7.70. The molecule has 0 atom stereocenters. The number of carbonyl (C=O) groups is 1. The largest absolute Gasteiger partial charge is 0.379 e. The van der Waals surface area contributed by atoms with Gasteiger partial charge in [0, 0.05) is 45.2 Å². The SMILES string of the molecule is COCC(=O)c1cc(N2CCC(N3CCOCC3)CC2)c2c(C3CCC3)nn(C(C)(C)C)c2n1. The van der Waals surface area contributed by atoms with E-state index < -0.39 is 0 Å². The quantitative estimate of drug-likeness (QED) is 0.599. The first kappa shape index (κ1) is 23.7. The van der Waals surface area contributed by atoms with Crippen LogP contribution >= 0.6 is 0 Å². The van der Waals surface area contributed by atoms with Crippen molar-refractivity contribution < 1.29 is 14.3 Å². The zero-order valence-electron chi connectivity index (χ0n) is 21.2. The van der Waals surface area contributed by atoms with Gasteiger partial charge in [0.05, 0.1) is 35.5 Å². The molecule has 2 aromatic rings. The number of ketones is 1. The van der Waals surface area contributed by atoms with Crippen molar-refractivity contribution >= 4 is 22.5 Å². The molecule has 8 heteroatoms. The van der Waals surface area contributed by atoms with E-state index in [0.29, 0.717) is 17.7 Å². The van der Waals surface area contributed by atoms with Crippen LogP contribution in [0, 0.1) is 0 Å². The molecule has 1 saturated carbocycles. The van der Waals surface area contributed by atoms with Crippen LogP contribution in [0.1, 0.15) is 75.0 Å². The molecule has 0 bridgehead atoms. The first-order valence-corrected chi connectivity index (χ1v) is 12.9. The van der Waals surface area contributed by atoms with Gasteiger partial charge in [-0.15, -0.1) is 0 Å². The average Bonchev–Trinajstić information content (AvgIpc) is 3.18. The highest BCUT2D eigenvalue weighted by molar-refractivity contribution is 6.02. The lowest BCUT2D eigenvalue weighted by atomic mass is 9.82. The fourth-order valence-corrected chi connectivity index (χ4v) is 5.57. The molecule has 0 N–H and O–H groups in total. The van der Waals surface area contributed by atoms with E-state index in [1.54, 1.807) is 7.11 Å². The van der Waals surface area contributed by atoms with E-state index in [0.717, 1.165) is 69.0 Å². The lowest BCUT2D eigenvalue weighted by molar-refractivity contribution is 0.0115. The Labute approximate surface area is 202 Å². The number of aromatic nitrogens is 3. The van der Waals surface area contributed by atoms with Gasteiger partial charge in [0.15, 0.2) is 5.65 Å². The number of pyridine rings is 1. The Hall–Kier alpha value is -2.03. The van der Waals surface area contributed by atoms with E-state index in [1.807, 2.05) is 10.7 Å². The number of hydrogen-bond acceptors (Lipinski definition) is 7. The van der Waals surface area contributed by atoms with E-state index in [4.69, 9.17) is 19.6 Å². The third kappa shape index (κ3) is 4.48. The fourth-order valence-electron chi connectivity index (χ4n) is 5.57. The maximum atomic E-state index is 12.9. The maximum Gasteiger partial charge on any atom is 0.206 e. The Bertz CT molecular complexity index is 1030. The number of Topliss-reactive ketones (excluding diaryl/α,β-unsaturated/α-hetero) is 1. The predicted molar refractivity (Wildman–Crippen MR) is 133 cm³/mol. The van der Waals surface area contributed by atoms with Crippen LogP contribution in [0.25, 0.3) is 11.0 Å². The van der Waals surface area contributed by atoms with E-state index in [-0.39, 0.29) is 17.9 Å². The Morgan fingerprint density at radius 2 is 1.82 bits per heavy atom. The molecule has 0 radical (unpaired) electrons. The van der Waals surface area contributed by atoms with Crippen molar-refractivity contribution in [2.45, 2.75) is 70.4 Å². The van der Waals surface area contributed by atoms with Gasteiger partial charge < -0.3 is 14.4 Å². The molecule has 2 aromatic heterocycles. The summed E-state index contributed by atoms with van der Waals surface area (Å²) in [4.78, 5) is 22.8. The van der Waals surface area contributed by atoms with Gasteiger partial charge in [-0.25, -0.2) is 9.67 Å². The summed E-state index contributed by atoms with van der Waals surface area (Å²) in [6.45, 7) is 12.2. The van der Waals surface area contributed by atoms with Crippen LogP contribution in [-0.2, 0) is 15.0 Å². The van der Waals surface area contributed by atoms with Crippen molar-refractivity contribution in [2.75, 3.05) is 58.0 Å². The predicted octanol–water partition coefficient (Wildman–Crippen LogP) is 3.58. The van der Waals surface area contributed by atoms with Gasteiger partial charge in [-0.3, -0.25) is 9.69 Å². The first-order chi connectivity index (χ1) is 16.4. The molecule has 0 unspecified atom stereocenters. The zero-order chi connectivity index (χ0) is 23.9. The summed E-state index contributed by atoms with van der Waals surface area (Å²) < 4.78 is 12.8. The van der Waals surface area contributed by atoms with Gasteiger partial charge in [-0.05, 0) is 52.5 Å². The summed E-state index contributed by atoms with van der Waals surface area (Å²) in [6, 6.07) is 2.62. The van der Waals surface area contributed by atoms with Crippen LogP contribution in [0.5, 0.6) is 0 Å². The number of ether oxygens (including phenoxy) is 2. The van der Waals surface area contributed by atoms with Crippen molar-refractivity contribution in [1.82, 2.24) is 19.7 Å². The van der Waals surface area contributed by atoms with Gasteiger partial charge >= 0.3 is 0 Å². The molecule has 34 heavy (non-hydrogen) atoms. The van der Waals surface area contributed by atoms with Crippen LogP contribution in [0.3, 0.4) is 0 Å². The van der Waals surface area contributed by atoms with E-state index in [2.05, 4.69) is 30.6 Å². The number of piperidine rings is 1. The summed E-state index contributed by atoms with van der Waals surface area (Å²) >= 11 is 0. The Morgan fingerprint density at radius 1 is 1.12 bits per heavy atom. The summed E-state index contributed by atoms with van der Waals surface area (Å²) in [6.07, 6.45) is 5.86. The van der Waals surface area contributed by atoms with Crippen LogP contribution in [0.2, 0.25) is 0 Å². The molecule has 2 aliphatic heterocycles. The minimum Gasteiger partial charge on any atom is -0.379 e. The highest BCUT2D eigenvalue weighted by Gasteiger charge is 2.34. The van der Waals surface area contributed by atoms with Gasteiger partial charge in [-0.2, -0.15) is 5.10 Å². The summed E-state index contributed by atoms with van der Waals surface area (Å²) in [5.74, 6) is 0.402. The lowest BCUT2D eigenvalue weighted by Crippen LogP contribution is -2.49. The number of fused-ring (bicyclic) bond motifs is 1. The highest BCUT2D eigenvalue weighted by Crippen LogP contribution is 2.43. The molecular formula is C26H39N5O3. The standard InChI is InChI=1S/C26H39N5O3/c1-26(2,3)31-25-23(24(28-31)18-6-5-7-18)21(16-20(27-25)22(32)17-33-4)30-10-8-19(9-11-30)29-12-14-34-15-13-29/h16,18-19H,5-15,17H2,1-4H3. The molecule has 2 saturated heterocycles. The number of nitrogens with zero attached hydrogens (tertiary/aromatic N) is 5. The minimum atomic E-state index is -0.225. The fraction of sp³-hybridized carbons (Fsp3) is 0.731. The summed E-state index contributed by atoms with van der Waals surface area (Å²) in [7, 11) is 1.56. The molecule has 0 aromatic carbocycles.